The van der Waals surface area contributed by atoms with Crippen LogP contribution in [0.25, 0.3) is 6.08 Å². The topological polar surface area (TPSA) is 60.0 Å². The zero-order chi connectivity index (χ0) is 23.1. The van der Waals surface area contributed by atoms with Gasteiger partial charge in [-0.2, -0.15) is 0 Å². The van der Waals surface area contributed by atoms with Crippen molar-refractivity contribution in [2.45, 2.75) is 26.2 Å². The number of thioether (sulfide) groups is 1. The number of nitrogens with zero attached hydrogens (tertiary/aromatic N) is 1. The SMILES string of the molecule is CCCCc1ccc(NCN2C(=O)/C(=C\c3cc(OC)c(OC)c(OC)c3)SC2=S)cc1. The standard InChI is InChI=1S/C24H28N2O4S2/c1-5-6-7-16-8-10-18(11-9-16)25-15-26-23(27)21(32-24(26)31)14-17-12-19(28-2)22(30-4)20(13-17)29-3/h8-14,25H,5-7,15H2,1-4H3/b21-14+. The van der Waals surface area contributed by atoms with E-state index in [1.54, 1.807) is 44.4 Å². The number of amides is 1. The summed E-state index contributed by atoms with van der Waals surface area (Å²) in [5.74, 6) is 1.42. The number of nitrogens with one attached hydrogen (secondary N) is 1. The molecule has 8 heteroatoms. The Morgan fingerprint density at radius 2 is 1.72 bits per heavy atom. The highest BCUT2D eigenvalue weighted by molar-refractivity contribution is 8.26. The quantitative estimate of drug-likeness (QED) is 0.371. The molecule has 3 rings (SSSR count). The number of unbranched alkanes of at least 4 members (excludes halogenated alkanes) is 1. The van der Waals surface area contributed by atoms with Gasteiger partial charge in [0, 0.05) is 5.69 Å². The van der Waals surface area contributed by atoms with Crippen molar-refractivity contribution in [1.29, 1.82) is 0 Å². The van der Waals surface area contributed by atoms with Gasteiger partial charge in [0.15, 0.2) is 11.5 Å². The Balaban J connectivity index is 1.71. The van der Waals surface area contributed by atoms with E-state index in [4.69, 9.17) is 26.4 Å². The highest BCUT2D eigenvalue weighted by atomic mass is 32.2. The van der Waals surface area contributed by atoms with Crippen LogP contribution < -0.4 is 19.5 Å². The summed E-state index contributed by atoms with van der Waals surface area (Å²) in [6.45, 7) is 2.50. The molecule has 0 aliphatic carbocycles. The first kappa shape index (κ1) is 23.9. The van der Waals surface area contributed by atoms with Gasteiger partial charge >= 0.3 is 0 Å². The largest absolute Gasteiger partial charge is 0.493 e. The first-order chi connectivity index (χ1) is 15.5. The van der Waals surface area contributed by atoms with Crippen molar-refractivity contribution in [3.8, 4) is 17.2 Å². The average Bonchev–Trinajstić information content (AvgIpc) is 3.08. The smallest absolute Gasteiger partial charge is 0.267 e. The molecule has 1 N–H and O–H groups in total. The zero-order valence-corrected chi connectivity index (χ0v) is 20.4. The second kappa shape index (κ2) is 11.2. The van der Waals surface area contributed by atoms with Crippen LogP contribution in [-0.2, 0) is 11.2 Å². The Morgan fingerprint density at radius 1 is 1.06 bits per heavy atom. The summed E-state index contributed by atoms with van der Waals surface area (Å²) >= 11 is 6.73. The summed E-state index contributed by atoms with van der Waals surface area (Å²) in [4.78, 5) is 15.1. The molecule has 2 aromatic carbocycles. The second-order valence-electron chi connectivity index (χ2n) is 7.20. The monoisotopic (exact) mass is 472 g/mol. The number of methoxy groups -OCH3 is 3. The molecule has 1 fully saturated rings. The maximum absolute atomic E-state index is 13.0. The lowest BCUT2D eigenvalue weighted by Crippen LogP contribution is -2.33. The molecule has 0 unspecified atom stereocenters. The Kier molecular flexibility index (Phi) is 8.41. The van der Waals surface area contributed by atoms with Crippen molar-refractivity contribution < 1.29 is 19.0 Å². The van der Waals surface area contributed by atoms with Gasteiger partial charge in [-0.3, -0.25) is 9.69 Å². The van der Waals surface area contributed by atoms with Crippen LogP contribution in [0.3, 0.4) is 0 Å². The summed E-state index contributed by atoms with van der Waals surface area (Å²) in [5.41, 5.74) is 3.03. The van der Waals surface area contributed by atoms with E-state index in [9.17, 15) is 4.79 Å². The van der Waals surface area contributed by atoms with Crippen molar-refractivity contribution in [2.24, 2.45) is 0 Å². The number of rotatable bonds is 10. The van der Waals surface area contributed by atoms with Crippen molar-refractivity contribution in [2.75, 3.05) is 33.3 Å². The summed E-state index contributed by atoms with van der Waals surface area (Å²) in [6, 6.07) is 11.9. The van der Waals surface area contributed by atoms with E-state index < -0.39 is 0 Å². The average molecular weight is 473 g/mol. The lowest BCUT2D eigenvalue weighted by atomic mass is 10.1. The van der Waals surface area contributed by atoms with Gasteiger partial charge in [-0.15, -0.1) is 0 Å². The van der Waals surface area contributed by atoms with E-state index in [1.807, 2.05) is 12.1 Å². The van der Waals surface area contributed by atoms with E-state index in [0.717, 1.165) is 17.7 Å². The third-order valence-corrected chi connectivity index (χ3v) is 6.45. The summed E-state index contributed by atoms with van der Waals surface area (Å²) in [6.07, 6.45) is 5.23. The number of ether oxygens (including phenoxy) is 3. The van der Waals surface area contributed by atoms with Gasteiger partial charge in [0.25, 0.3) is 5.91 Å². The molecule has 1 aliphatic rings. The third kappa shape index (κ3) is 5.55. The second-order valence-corrected chi connectivity index (χ2v) is 8.88. The number of hydrogen-bond acceptors (Lipinski definition) is 7. The van der Waals surface area contributed by atoms with Crippen LogP contribution >= 0.6 is 24.0 Å². The fraction of sp³-hybridized carbons (Fsp3) is 0.333. The minimum Gasteiger partial charge on any atom is -0.493 e. The molecule has 1 saturated heterocycles. The molecule has 2 aromatic rings. The van der Waals surface area contributed by atoms with Crippen LogP contribution in [-0.4, -0.2) is 43.1 Å². The Morgan fingerprint density at radius 3 is 2.28 bits per heavy atom. The normalized spacial score (nSPS) is 14.8. The number of aryl methyl sites for hydroxylation is 1. The van der Waals surface area contributed by atoms with Crippen LogP contribution in [0.1, 0.15) is 30.9 Å². The van der Waals surface area contributed by atoms with E-state index >= 15 is 0 Å². The number of benzene rings is 2. The molecule has 1 amide bonds. The molecule has 0 aromatic heterocycles. The first-order valence-electron chi connectivity index (χ1n) is 10.4. The van der Waals surface area contributed by atoms with Gasteiger partial charge in [-0.1, -0.05) is 49.5 Å². The molecule has 1 heterocycles. The summed E-state index contributed by atoms with van der Waals surface area (Å²) in [5, 5.41) is 3.29. The van der Waals surface area contributed by atoms with Gasteiger partial charge in [0.1, 0.15) is 4.32 Å². The lowest BCUT2D eigenvalue weighted by molar-refractivity contribution is -0.121. The van der Waals surface area contributed by atoms with Crippen LogP contribution in [0.2, 0.25) is 0 Å². The maximum atomic E-state index is 13.0. The van der Waals surface area contributed by atoms with Crippen molar-refractivity contribution in [1.82, 2.24) is 4.90 Å². The van der Waals surface area contributed by atoms with E-state index in [1.165, 1.54) is 30.2 Å². The van der Waals surface area contributed by atoms with Crippen molar-refractivity contribution in [3.63, 3.8) is 0 Å². The van der Waals surface area contributed by atoms with Crippen LogP contribution in [0.5, 0.6) is 17.2 Å². The minimum atomic E-state index is -0.138. The Hall–Kier alpha value is -2.71. The summed E-state index contributed by atoms with van der Waals surface area (Å²) in [7, 11) is 4.67. The van der Waals surface area contributed by atoms with Crippen LogP contribution in [0.4, 0.5) is 5.69 Å². The lowest BCUT2D eigenvalue weighted by Gasteiger charge is -2.16. The summed E-state index contributed by atoms with van der Waals surface area (Å²) < 4.78 is 16.7. The van der Waals surface area contributed by atoms with Gasteiger partial charge in [-0.05, 0) is 54.3 Å². The zero-order valence-electron chi connectivity index (χ0n) is 18.8. The van der Waals surface area contributed by atoms with E-state index in [0.29, 0.717) is 33.1 Å². The maximum Gasteiger partial charge on any atom is 0.267 e. The molecular weight excluding hydrogens is 444 g/mol. The van der Waals surface area contributed by atoms with Gasteiger partial charge in [0.2, 0.25) is 5.75 Å². The number of thiocarbonyl (C=S) groups is 1. The fourth-order valence-corrected chi connectivity index (χ4v) is 4.57. The van der Waals surface area contributed by atoms with Crippen molar-refractivity contribution in [3.05, 3.63) is 52.4 Å². The van der Waals surface area contributed by atoms with Gasteiger partial charge in [-0.25, -0.2) is 0 Å². The third-order valence-electron chi connectivity index (χ3n) is 5.07. The fourth-order valence-electron chi connectivity index (χ4n) is 3.31. The first-order valence-corrected chi connectivity index (χ1v) is 11.6. The van der Waals surface area contributed by atoms with E-state index in [2.05, 4.69) is 24.4 Å². The number of hydrogen-bond donors (Lipinski definition) is 1. The number of carbonyl (C=O) groups excluding carboxylic acids is 1. The molecule has 32 heavy (non-hydrogen) atoms. The molecule has 170 valence electrons. The van der Waals surface area contributed by atoms with Crippen molar-refractivity contribution >= 4 is 46.0 Å². The predicted molar refractivity (Wildman–Crippen MR) is 135 cm³/mol. The molecule has 6 nitrogen and oxygen atoms in total. The minimum absolute atomic E-state index is 0.138. The number of anilines is 1. The molecule has 0 saturated carbocycles. The Labute approximate surface area is 198 Å². The molecule has 0 spiro atoms. The van der Waals surface area contributed by atoms with Crippen LogP contribution in [0, 0.1) is 0 Å². The van der Waals surface area contributed by atoms with E-state index in [-0.39, 0.29) is 5.91 Å². The molecule has 0 radical (unpaired) electrons. The molecule has 1 aliphatic heterocycles. The molecular formula is C24H28N2O4S2. The Bertz CT molecular complexity index is 981. The highest BCUT2D eigenvalue weighted by Crippen LogP contribution is 2.40. The van der Waals surface area contributed by atoms with Gasteiger partial charge in [0.05, 0.1) is 32.9 Å². The number of carbonyl (C=O) groups is 1. The molecule has 0 atom stereocenters. The van der Waals surface area contributed by atoms with Gasteiger partial charge < -0.3 is 19.5 Å². The van der Waals surface area contributed by atoms with Crippen LogP contribution in [0.15, 0.2) is 41.3 Å². The molecule has 0 bridgehead atoms. The highest BCUT2D eigenvalue weighted by Gasteiger charge is 2.32. The predicted octanol–water partition coefficient (Wildman–Crippen LogP) is 5.33.